The number of nitrogens with zero attached hydrogens (tertiary/aromatic N) is 3. The van der Waals surface area contributed by atoms with Crippen molar-refractivity contribution >= 4 is 29.8 Å². The molecule has 0 saturated carbocycles. The molecule has 1 aromatic heterocycles. The average Bonchev–Trinajstić information content (AvgIpc) is 2.41. The summed E-state index contributed by atoms with van der Waals surface area (Å²) in [5, 5.41) is 0.985. The van der Waals surface area contributed by atoms with Crippen LogP contribution in [0, 0.1) is 0 Å². The lowest BCUT2D eigenvalue weighted by Crippen LogP contribution is -1.88. The predicted molar refractivity (Wildman–Crippen MR) is 81.0 cm³/mol. The van der Waals surface area contributed by atoms with Crippen LogP contribution in [0.3, 0.4) is 0 Å². The standard InChI is InChI=1S/C14H14ClN3S/c1-10(2)12-5-3-11(4-6-12)9-18-19-14-13(15)16-7-8-17-14/h3-10H,1-2H3. The third-order valence-corrected chi connectivity index (χ3v) is 3.64. The van der Waals surface area contributed by atoms with Gasteiger partial charge >= 0.3 is 0 Å². The Morgan fingerprint density at radius 1 is 1.16 bits per heavy atom. The van der Waals surface area contributed by atoms with Crippen LogP contribution in [-0.2, 0) is 0 Å². The lowest BCUT2D eigenvalue weighted by molar-refractivity contribution is 0.866. The maximum absolute atomic E-state index is 5.89. The van der Waals surface area contributed by atoms with Gasteiger partial charge in [-0.2, -0.15) is 0 Å². The van der Waals surface area contributed by atoms with Crippen LogP contribution in [0.2, 0.25) is 5.15 Å². The monoisotopic (exact) mass is 291 g/mol. The maximum atomic E-state index is 5.89. The SMILES string of the molecule is CC(C)c1ccc(C=NSc2nccnc2Cl)cc1. The molecule has 98 valence electrons. The van der Waals surface area contributed by atoms with Gasteiger partial charge in [0, 0.05) is 30.6 Å². The molecule has 0 bridgehead atoms. The Bertz CT molecular complexity index is 567. The highest BCUT2D eigenvalue weighted by molar-refractivity contribution is 7.98. The molecule has 0 aliphatic carbocycles. The minimum atomic E-state index is 0.375. The van der Waals surface area contributed by atoms with Crippen molar-refractivity contribution in [1.82, 2.24) is 9.97 Å². The van der Waals surface area contributed by atoms with Crippen molar-refractivity contribution in [3.8, 4) is 0 Å². The Morgan fingerprint density at radius 3 is 2.47 bits per heavy atom. The normalized spacial score (nSPS) is 11.4. The van der Waals surface area contributed by atoms with Crippen molar-refractivity contribution in [2.75, 3.05) is 0 Å². The van der Waals surface area contributed by atoms with Gasteiger partial charge in [0.1, 0.15) is 0 Å². The van der Waals surface area contributed by atoms with Gasteiger partial charge in [0.05, 0.1) is 0 Å². The van der Waals surface area contributed by atoms with E-state index >= 15 is 0 Å². The number of rotatable bonds is 4. The summed E-state index contributed by atoms with van der Waals surface area (Å²) in [5.41, 5.74) is 2.37. The molecule has 0 saturated heterocycles. The number of hydrogen-bond donors (Lipinski definition) is 0. The summed E-state index contributed by atoms with van der Waals surface area (Å²) >= 11 is 7.11. The highest BCUT2D eigenvalue weighted by atomic mass is 35.5. The lowest BCUT2D eigenvalue weighted by atomic mass is 10.0. The molecule has 19 heavy (non-hydrogen) atoms. The van der Waals surface area contributed by atoms with Gasteiger partial charge in [-0.15, -0.1) is 0 Å². The van der Waals surface area contributed by atoms with Gasteiger partial charge < -0.3 is 0 Å². The van der Waals surface area contributed by atoms with E-state index in [2.05, 4.69) is 52.5 Å². The van der Waals surface area contributed by atoms with E-state index in [1.54, 1.807) is 18.6 Å². The van der Waals surface area contributed by atoms with Crippen LogP contribution in [0.25, 0.3) is 0 Å². The number of halogens is 1. The van der Waals surface area contributed by atoms with Crippen LogP contribution >= 0.6 is 23.5 Å². The molecule has 1 heterocycles. The van der Waals surface area contributed by atoms with Gasteiger partial charge in [-0.3, -0.25) is 0 Å². The summed E-state index contributed by atoms with van der Waals surface area (Å²) in [6, 6.07) is 8.34. The molecule has 0 amide bonds. The number of aromatic nitrogens is 2. The minimum absolute atomic E-state index is 0.375. The summed E-state index contributed by atoms with van der Waals surface area (Å²) in [5.74, 6) is 0.541. The highest BCUT2D eigenvalue weighted by Gasteiger charge is 2.01. The fourth-order valence-electron chi connectivity index (χ4n) is 1.47. The first-order chi connectivity index (χ1) is 9.16. The topological polar surface area (TPSA) is 38.1 Å². The van der Waals surface area contributed by atoms with Crippen molar-refractivity contribution in [3.05, 3.63) is 52.9 Å². The Kier molecular flexibility index (Phi) is 4.93. The highest BCUT2D eigenvalue weighted by Crippen LogP contribution is 2.22. The van der Waals surface area contributed by atoms with Crippen LogP contribution in [-0.4, -0.2) is 16.2 Å². The average molecular weight is 292 g/mol. The second-order valence-electron chi connectivity index (χ2n) is 4.30. The zero-order valence-electron chi connectivity index (χ0n) is 10.7. The van der Waals surface area contributed by atoms with E-state index < -0.39 is 0 Å². The van der Waals surface area contributed by atoms with Gasteiger partial charge in [0.15, 0.2) is 10.2 Å². The van der Waals surface area contributed by atoms with Gasteiger partial charge in [0.2, 0.25) is 0 Å². The fourth-order valence-corrected chi connectivity index (χ4v) is 2.19. The van der Waals surface area contributed by atoms with Crippen molar-refractivity contribution in [2.24, 2.45) is 4.40 Å². The molecule has 3 nitrogen and oxygen atoms in total. The second-order valence-corrected chi connectivity index (χ2v) is 5.44. The van der Waals surface area contributed by atoms with E-state index in [4.69, 9.17) is 11.6 Å². The van der Waals surface area contributed by atoms with Crippen molar-refractivity contribution in [3.63, 3.8) is 0 Å². The smallest absolute Gasteiger partial charge is 0.163 e. The van der Waals surface area contributed by atoms with Gasteiger partial charge in [-0.05, 0) is 17.0 Å². The quantitative estimate of drug-likeness (QED) is 0.620. The summed E-state index contributed by atoms with van der Waals surface area (Å²) in [6.45, 7) is 4.35. The third-order valence-electron chi connectivity index (χ3n) is 2.57. The molecule has 0 aliphatic rings. The lowest BCUT2D eigenvalue weighted by Gasteiger charge is -2.04. The molecule has 0 spiro atoms. The van der Waals surface area contributed by atoms with Crippen molar-refractivity contribution in [2.45, 2.75) is 24.8 Å². The van der Waals surface area contributed by atoms with Crippen LogP contribution < -0.4 is 0 Å². The minimum Gasteiger partial charge on any atom is -0.243 e. The molecule has 1 aromatic carbocycles. The predicted octanol–water partition coefficient (Wildman–Crippen LogP) is 4.38. The van der Waals surface area contributed by atoms with Gasteiger partial charge in [-0.25, -0.2) is 14.4 Å². The van der Waals surface area contributed by atoms with E-state index in [0.717, 1.165) is 5.56 Å². The fraction of sp³-hybridized carbons (Fsp3) is 0.214. The maximum Gasteiger partial charge on any atom is 0.163 e. The molecule has 2 aromatic rings. The Labute approximate surface area is 122 Å². The van der Waals surface area contributed by atoms with E-state index in [1.807, 2.05) is 0 Å². The van der Waals surface area contributed by atoms with Crippen molar-refractivity contribution < 1.29 is 0 Å². The first-order valence-corrected chi connectivity index (χ1v) is 7.09. The Hall–Kier alpha value is -1.39. The first-order valence-electron chi connectivity index (χ1n) is 5.93. The van der Waals surface area contributed by atoms with E-state index in [-0.39, 0.29) is 0 Å². The molecule has 0 N–H and O–H groups in total. The molecular formula is C14H14ClN3S. The largest absolute Gasteiger partial charge is 0.243 e. The number of hydrogen-bond acceptors (Lipinski definition) is 4. The van der Waals surface area contributed by atoms with E-state index in [0.29, 0.717) is 16.1 Å². The molecule has 0 unspecified atom stereocenters. The van der Waals surface area contributed by atoms with Gasteiger partial charge in [0.25, 0.3) is 0 Å². The summed E-state index contributed by atoms with van der Waals surface area (Å²) in [7, 11) is 0. The van der Waals surface area contributed by atoms with Crippen LogP contribution in [0.4, 0.5) is 0 Å². The molecule has 5 heteroatoms. The second kappa shape index (κ2) is 6.68. The third kappa shape index (κ3) is 4.04. The summed E-state index contributed by atoms with van der Waals surface area (Å²) in [6.07, 6.45) is 4.95. The zero-order chi connectivity index (χ0) is 13.7. The first kappa shape index (κ1) is 14.0. The Morgan fingerprint density at radius 2 is 1.84 bits per heavy atom. The molecule has 0 fully saturated rings. The zero-order valence-corrected chi connectivity index (χ0v) is 12.3. The Balaban J connectivity index is 2.01. The summed E-state index contributed by atoms with van der Waals surface area (Å²) < 4.78 is 4.25. The molecule has 0 aliphatic heterocycles. The molecule has 2 rings (SSSR count). The van der Waals surface area contributed by atoms with Crippen LogP contribution in [0.1, 0.15) is 30.9 Å². The molecular weight excluding hydrogens is 278 g/mol. The van der Waals surface area contributed by atoms with E-state index in [1.165, 1.54) is 17.5 Å². The van der Waals surface area contributed by atoms with Gasteiger partial charge in [-0.1, -0.05) is 49.7 Å². The van der Waals surface area contributed by atoms with E-state index in [9.17, 15) is 0 Å². The van der Waals surface area contributed by atoms with Crippen LogP contribution in [0.15, 0.2) is 46.1 Å². The summed E-state index contributed by atoms with van der Waals surface area (Å²) in [4.78, 5) is 8.05. The van der Waals surface area contributed by atoms with Crippen molar-refractivity contribution in [1.29, 1.82) is 0 Å². The molecule has 0 atom stereocenters. The van der Waals surface area contributed by atoms with Crippen LogP contribution in [0.5, 0.6) is 0 Å². The number of benzene rings is 1. The molecule has 0 radical (unpaired) electrons.